The van der Waals surface area contributed by atoms with Crippen molar-refractivity contribution >= 4 is 11.7 Å². The molecule has 20 heavy (non-hydrogen) atoms. The number of carbonyl (C=O) groups excluding carboxylic acids is 1. The highest BCUT2D eigenvalue weighted by Crippen LogP contribution is 2.14. The van der Waals surface area contributed by atoms with Crippen LogP contribution in [0.4, 0.5) is 5.69 Å². The summed E-state index contributed by atoms with van der Waals surface area (Å²) < 4.78 is 4.97. The Balaban J connectivity index is 2.20. The van der Waals surface area contributed by atoms with Gasteiger partial charge in [-0.15, -0.1) is 0 Å². The van der Waals surface area contributed by atoms with E-state index in [2.05, 4.69) is 35.8 Å². The van der Waals surface area contributed by atoms with Gasteiger partial charge in [-0.3, -0.25) is 4.79 Å². The summed E-state index contributed by atoms with van der Waals surface area (Å²) >= 11 is 0. The van der Waals surface area contributed by atoms with Crippen molar-refractivity contribution in [2.75, 3.05) is 31.6 Å². The lowest BCUT2D eigenvalue weighted by Gasteiger charge is -2.13. The minimum Gasteiger partial charge on any atom is -0.466 e. The van der Waals surface area contributed by atoms with E-state index in [1.165, 1.54) is 11.3 Å². The molecular weight excluding hydrogens is 252 g/mol. The predicted octanol–water partition coefficient (Wildman–Crippen LogP) is 2.45. The Hall–Kier alpha value is -1.55. The van der Waals surface area contributed by atoms with E-state index < -0.39 is 0 Å². The van der Waals surface area contributed by atoms with E-state index in [0.717, 1.165) is 19.5 Å². The van der Waals surface area contributed by atoms with Crippen LogP contribution in [0.2, 0.25) is 0 Å². The van der Waals surface area contributed by atoms with Gasteiger partial charge in [-0.05, 0) is 25.0 Å². The topological polar surface area (TPSA) is 50.4 Å². The molecule has 1 aromatic carbocycles. The van der Waals surface area contributed by atoms with Crippen LogP contribution in [0, 0.1) is 5.92 Å². The molecule has 1 aromatic rings. The number of rotatable bonds is 9. The summed E-state index contributed by atoms with van der Waals surface area (Å²) in [5.74, 6) is -0.234. The number of ether oxygens (including phenoxy) is 1. The lowest BCUT2D eigenvalue weighted by Crippen LogP contribution is -2.31. The number of benzene rings is 1. The Morgan fingerprint density at radius 2 is 2.00 bits per heavy atom. The van der Waals surface area contributed by atoms with Crippen molar-refractivity contribution in [3.05, 3.63) is 29.8 Å². The maximum atomic E-state index is 11.4. The summed E-state index contributed by atoms with van der Waals surface area (Å²) in [6.45, 7) is 8.61. The number of para-hydroxylation sites is 1. The van der Waals surface area contributed by atoms with Crippen LogP contribution < -0.4 is 10.6 Å². The Kier molecular flexibility index (Phi) is 7.73. The van der Waals surface area contributed by atoms with Gasteiger partial charge in [0, 0.05) is 25.3 Å². The standard InChI is InChI=1S/C16H26N2O2/c1-4-14-8-6-7-9-15(14)18-11-10-17-12-13(3)16(19)20-5-2/h6-9,13,17-18H,4-5,10-12H2,1-3H3. The summed E-state index contributed by atoms with van der Waals surface area (Å²) in [6, 6.07) is 8.33. The molecule has 0 fully saturated rings. The zero-order valence-corrected chi connectivity index (χ0v) is 12.7. The molecule has 0 aliphatic carbocycles. The van der Waals surface area contributed by atoms with Crippen LogP contribution in [0.15, 0.2) is 24.3 Å². The minimum atomic E-state index is -0.135. The van der Waals surface area contributed by atoms with Crippen molar-refractivity contribution in [2.24, 2.45) is 5.92 Å². The maximum absolute atomic E-state index is 11.4. The Morgan fingerprint density at radius 3 is 2.70 bits per heavy atom. The molecule has 1 atom stereocenters. The molecule has 0 amide bonds. The van der Waals surface area contributed by atoms with E-state index in [0.29, 0.717) is 13.2 Å². The molecule has 0 saturated heterocycles. The molecule has 0 spiro atoms. The van der Waals surface area contributed by atoms with Crippen LogP contribution in [0.3, 0.4) is 0 Å². The quantitative estimate of drug-likeness (QED) is 0.538. The average Bonchev–Trinajstić information content (AvgIpc) is 2.47. The number of esters is 1. The van der Waals surface area contributed by atoms with Gasteiger partial charge >= 0.3 is 5.97 Å². The second kappa shape index (κ2) is 9.37. The van der Waals surface area contributed by atoms with Gasteiger partial charge in [0.25, 0.3) is 0 Å². The van der Waals surface area contributed by atoms with Gasteiger partial charge in [0.2, 0.25) is 0 Å². The lowest BCUT2D eigenvalue weighted by atomic mass is 10.1. The van der Waals surface area contributed by atoms with Gasteiger partial charge in [-0.25, -0.2) is 0 Å². The zero-order valence-electron chi connectivity index (χ0n) is 12.7. The highest BCUT2D eigenvalue weighted by molar-refractivity contribution is 5.72. The van der Waals surface area contributed by atoms with Gasteiger partial charge in [0.05, 0.1) is 12.5 Å². The summed E-state index contributed by atoms with van der Waals surface area (Å²) in [5, 5.41) is 6.68. The highest BCUT2D eigenvalue weighted by Gasteiger charge is 2.12. The normalized spacial score (nSPS) is 11.9. The fraction of sp³-hybridized carbons (Fsp3) is 0.562. The van der Waals surface area contributed by atoms with Gasteiger partial charge in [0.15, 0.2) is 0 Å². The van der Waals surface area contributed by atoms with Crippen LogP contribution in [-0.4, -0.2) is 32.2 Å². The van der Waals surface area contributed by atoms with Crippen molar-refractivity contribution in [3.63, 3.8) is 0 Å². The van der Waals surface area contributed by atoms with E-state index >= 15 is 0 Å². The van der Waals surface area contributed by atoms with Crippen molar-refractivity contribution in [1.82, 2.24) is 5.32 Å². The Labute approximate surface area is 121 Å². The van der Waals surface area contributed by atoms with Crippen molar-refractivity contribution < 1.29 is 9.53 Å². The highest BCUT2D eigenvalue weighted by atomic mass is 16.5. The molecule has 0 aromatic heterocycles. The number of hydrogen-bond donors (Lipinski definition) is 2. The van der Waals surface area contributed by atoms with E-state index in [9.17, 15) is 4.79 Å². The molecule has 0 saturated carbocycles. The largest absolute Gasteiger partial charge is 0.466 e. The summed E-state index contributed by atoms with van der Waals surface area (Å²) in [5.41, 5.74) is 2.52. The smallest absolute Gasteiger partial charge is 0.309 e. The first-order chi connectivity index (χ1) is 9.69. The molecule has 0 aliphatic rings. The number of carbonyl (C=O) groups is 1. The Morgan fingerprint density at radius 1 is 1.25 bits per heavy atom. The summed E-state index contributed by atoms with van der Waals surface area (Å²) in [6.07, 6.45) is 1.02. The third-order valence-corrected chi connectivity index (χ3v) is 3.15. The molecule has 1 rings (SSSR count). The van der Waals surface area contributed by atoms with Crippen LogP contribution >= 0.6 is 0 Å². The van der Waals surface area contributed by atoms with Gasteiger partial charge in [-0.1, -0.05) is 32.0 Å². The zero-order chi connectivity index (χ0) is 14.8. The van der Waals surface area contributed by atoms with E-state index in [4.69, 9.17) is 4.74 Å². The van der Waals surface area contributed by atoms with Gasteiger partial charge in [0.1, 0.15) is 0 Å². The van der Waals surface area contributed by atoms with Gasteiger partial charge < -0.3 is 15.4 Å². The molecule has 4 nitrogen and oxygen atoms in total. The average molecular weight is 278 g/mol. The molecular formula is C16H26N2O2. The third-order valence-electron chi connectivity index (χ3n) is 3.15. The molecule has 4 heteroatoms. The van der Waals surface area contributed by atoms with Crippen LogP contribution in [0.25, 0.3) is 0 Å². The van der Waals surface area contributed by atoms with Gasteiger partial charge in [-0.2, -0.15) is 0 Å². The fourth-order valence-electron chi connectivity index (χ4n) is 1.97. The van der Waals surface area contributed by atoms with Crippen LogP contribution in [0.5, 0.6) is 0 Å². The van der Waals surface area contributed by atoms with E-state index in [1.54, 1.807) is 0 Å². The number of hydrogen-bond acceptors (Lipinski definition) is 4. The van der Waals surface area contributed by atoms with Crippen LogP contribution in [0.1, 0.15) is 26.3 Å². The number of anilines is 1. The van der Waals surface area contributed by atoms with Crippen LogP contribution in [-0.2, 0) is 16.0 Å². The number of nitrogens with one attached hydrogen (secondary N) is 2. The SMILES string of the molecule is CCOC(=O)C(C)CNCCNc1ccccc1CC. The fourth-order valence-corrected chi connectivity index (χ4v) is 1.97. The summed E-state index contributed by atoms with van der Waals surface area (Å²) in [7, 11) is 0. The second-order valence-electron chi connectivity index (χ2n) is 4.79. The molecule has 0 radical (unpaired) electrons. The molecule has 0 bridgehead atoms. The first kappa shape index (κ1) is 16.5. The first-order valence-corrected chi connectivity index (χ1v) is 7.38. The molecule has 1 unspecified atom stereocenters. The third kappa shape index (κ3) is 5.61. The summed E-state index contributed by atoms with van der Waals surface area (Å²) in [4.78, 5) is 11.4. The first-order valence-electron chi connectivity index (χ1n) is 7.38. The molecule has 0 aliphatic heterocycles. The molecule has 0 heterocycles. The lowest BCUT2D eigenvalue weighted by molar-refractivity contribution is -0.147. The van der Waals surface area contributed by atoms with Crippen molar-refractivity contribution in [2.45, 2.75) is 27.2 Å². The van der Waals surface area contributed by atoms with Crippen molar-refractivity contribution in [3.8, 4) is 0 Å². The van der Waals surface area contributed by atoms with Crippen molar-refractivity contribution in [1.29, 1.82) is 0 Å². The molecule has 2 N–H and O–H groups in total. The molecule has 112 valence electrons. The Bertz CT molecular complexity index is 407. The maximum Gasteiger partial charge on any atom is 0.309 e. The van der Waals surface area contributed by atoms with E-state index in [-0.39, 0.29) is 11.9 Å². The number of aryl methyl sites for hydroxylation is 1. The monoisotopic (exact) mass is 278 g/mol. The minimum absolute atomic E-state index is 0.0992. The van der Waals surface area contributed by atoms with E-state index in [1.807, 2.05) is 19.9 Å². The predicted molar refractivity (Wildman–Crippen MR) is 83.0 cm³/mol. The second-order valence-corrected chi connectivity index (χ2v) is 4.79.